The topological polar surface area (TPSA) is 74.8 Å². The number of hydrogen-bond acceptors (Lipinski definition) is 4. The van der Waals surface area contributed by atoms with E-state index in [1.165, 1.54) is 11.8 Å². The number of hydrogen-bond donors (Lipinski definition) is 3. The van der Waals surface area contributed by atoms with Crippen LogP contribution in [0.1, 0.15) is 13.8 Å². The number of benzene rings is 2. The Hall–Kier alpha value is -2.67. The van der Waals surface area contributed by atoms with Gasteiger partial charge in [-0.25, -0.2) is 0 Å². The van der Waals surface area contributed by atoms with Crippen molar-refractivity contribution in [1.82, 2.24) is 10.6 Å². The Bertz CT molecular complexity index is 768. The second kappa shape index (κ2) is 11.9. The van der Waals surface area contributed by atoms with Crippen molar-refractivity contribution in [2.24, 2.45) is 4.99 Å². The summed E-state index contributed by atoms with van der Waals surface area (Å²) in [4.78, 5) is 16.6. The van der Waals surface area contributed by atoms with E-state index in [-0.39, 0.29) is 5.91 Å². The van der Waals surface area contributed by atoms with Gasteiger partial charge in [0.05, 0.1) is 6.54 Å². The van der Waals surface area contributed by atoms with E-state index in [0.29, 0.717) is 24.2 Å². The molecule has 0 radical (unpaired) electrons. The number of nitrogens with one attached hydrogen (secondary N) is 3. The van der Waals surface area contributed by atoms with Crippen molar-refractivity contribution in [3.8, 4) is 5.75 Å². The van der Waals surface area contributed by atoms with Gasteiger partial charge in [0, 0.05) is 42.4 Å². The number of amides is 1. The second-order valence-corrected chi connectivity index (χ2v) is 7.69. The van der Waals surface area contributed by atoms with Crippen molar-refractivity contribution in [3.05, 3.63) is 54.6 Å². The number of carbonyl (C=O) groups is 1. The van der Waals surface area contributed by atoms with Crippen LogP contribution in [-0.2, 0) is 4.79 Å². The molecule has 0 aliphatic heterocycles. The van der Waals surface area contributed by atoms with Gasteiger partial charge in [-0.3, -0.25) is 9.79 Å². The van der Waals surface area contributed by atoms with Gasteiger partial charge in [-0.15, -0.1) is 11.8 Å². The molecule has 1 atom stereocenters. The molecule has 0 saturated carbocycles. The molecule has 6 nitrogen and oxygen atoms in total. The first-order valence-corrected chi connectivity index (χ1v) is 10.1. The molecule has 2 aromatic rings. The largest absolute Gasteiger partial charge is 0.492 e. The summed E-state index contributed by atoms with van der Waals surface area (Å²) < 4.78 is 5.73. The van der Waals surface area contributed by atoms with E-state index in [9.17, 15) is 4.79 Å². The van der Waals surface area contributed by atoms with E-state index in [4.69, 9.17) is 4.74 Å². The fourth-order valence-electron chi connectivity index (χ4n) is 2.44. The first-order chi connectivity index (χ1) is 13.6. The Morgan fingerprint density at radius 1 is 1.14 bits per heavy atom. The summed E-state index contributed by atoms with van der Waals surface area (Å²) in [5, 5.41) is 9.73. The molecular formula is C21H28N4O2S. The highest BCUT2D eigenvalue weighted by molar-refractivity contribution is 8.00. The third kappa shape index (κ3) is 8.35. The molecule has 3 N–H and O–H groups in total. The SMILES string of the molecule is CN=C(NCCOc1cccc(NC(C)=O)c1)NCC(C)Sc1ccccc1. The summed E-state index contributed by atoms with van der Waals surface area (Å²) in [7, 11) is 1.75. The zero-order chi connectivity index (χ0) is 20.2. The van der Waals surface area contributed by atoms with Crippen molar-refractivity contribution < 1.29 is 9.53 Å². The minimum Gasteiger partial charge on any atom is -0.492 e. The average Bonchev–Trinajstić information content (AvgIpc) is 2.68. The zero-order valence-corrected chi connectivity index (χ0v) is 17.4. The lowest BCUT2D eigenvalue weighted by atomic mass is 10.3. The molecule has 0 aromatic heterocycles. The highest BCUT2D eigenvalue weighted by Crippen LogP contribution is 2.21. The highest BCUT2D eigenvalue weighted by Gasteiger charge is 2.06. The van der Waals surface area contributed by atoms with Crippen LogP contribution >= 0.6 is 11.8 Å². The van der Waals surface area contributed by atoms with Crippen LogP contribution < -0.4 is 20.7 Å². The van der Waals surface area contributed by atoms with Crippen LogP contribution in [0.5, 0.6) is 5.75 Å². The summed E-state index contributed by atoms with van der Waals surface area (Å²) in [6.07, 6.45) is 0. The van der Waals surface area contributed by atoms with Crippen molar-refractivity contribution in [2.45, 2.75) is 24.0 Å². The van der Waals surface area contributed by atoms with Gasteiger partial charge in [0.15, 0.2) is 5.96 Å². The van der Waals surface area contributed by atoms with Gasteiger partial charge in [-0.1, -0.05) is 31.2 Å². The van der Waals surface area contributed by atoms with Gasteiger partial charge in [0.25, 0.3) is 0 Å². The molecule has 0 aliphatic rings. The van der Waals surface area contributed by atoms with Gasteiger partial charge in [-0.2, -0.15) is 0 Å². The standard InChI is InChI=1S/C21H28N4O2S/c1-16(28-20-10-5-4-6-11-20)15-24-21(22-3)23-12-13-27-19-9-7-8-18(14-19)25-17(2)26/h4-11,14,16H,12-13,15H2,1-3H3,(H,25,26)(H2,22,23,24). The molecule has 2 rings (SSSR count). The Kier molecular flexibility index (Phi) is 9.21. The first kappa shape index (κ1) is 21.6. The Morgan fingerprint density at radius 2 is 1.93 bits per heavy atom. The highest BCUT2D eigenvalue weighted by atomic mass is 32.2. The van der Waals surface area contributed by atoms with E-state index < -0.39 is 0 Å². The zero-order valence-electron chi connectivity index (χ0n) is 16.6. The maximum absolute atomic E-state index is 11.1. The monoisotopic (exact) mass is 400 g/mol. The van der Waals surface area contributed by atoms with Crippen molar-refractivity contribution in [2.75, 3.05) is 32.1 Å². The molecule has 28 heavy (non-hydrogen) atoms. The number of aliphatic imine (C=N–C) groups is 1. The molecule has 0 bridgehead atoms. The summed E-state index contributed by atoms with van der Waals surface area (Å²) in [5.41, 5.74) is 0.723. The van der Waals surface area contributed by atoms with E-state index >= 15 is 0 Å². The Balaban J connectivity index is 1.67. The summed E-state index contributed by atoms with van der Waals surface area (Å²) in [5.74, 6) is 1.35. The summed E-state index contributed by atoms with van der Waals surface area (Å²) in [6.45, 7) is 5.57. The van der Waals surface area contributed by atoms with Gasteiger partial charge in [-0.05, 0) is 24.3 Å². The van der Waals surface area contributed by atoms with E-state index in [1.807, 2.05) is 36.0 Å². The number of carbonyl (C=O) groups excluding carboxylic acids is 1. The van der Waals surface area contributed by atoms with Gasteiger partial charge in [0.1, 0.15) is 12.4 Å². The maximum atomic E-state index is 11.1. The Morgan fingerprint density at radius 3 is 2.64 bits per heavy atom. The molecule has 7 heteroatoms. The van der Waals surface area contributed by atoms with E-state index in [2.05, 4.69) is 52.1 Å². The fraction of sp³-hybridized carbons (Fsp3) is 0.333. The van der Waals surface area contributed by atoms with Crippen LogP contribution in [0.15, 0.2) is 64.5 Å². The molecule has 0 heterocycles. The van der Waals surface area contributed by atoms with Crippen LogP contribution in [0, 0.1) is 0 Å². The van der Waals surface area contributed by atoms with Crippen LogP contribution in [0.25, 0.3) is 0 Å². The second-order valence-electron chi connectivity index (χ2n) is 6.18. The van der Waals surface area contributed by atoms with Gasteiger partial charge >= 0.3 is 0 Å². The minimum atomic E-state index is -0.103. The maximum Gasteiger partial charge on any atom is 0.221 e. The molecule has 1 unspecified atom stereocenters. The van der Waals surface area contributed by atoms with Crippen LogP contribution in [0.3, 0.4) is 0 Å². The molecule has 0 aliphatic carbocycles. The van der Waals surface area contributed by atoms with Crippen LogP contribution in [-0.4, -0.2) is 43.9 Å². The number of ether oxygens (including phenoxy) is 1. The number of anilines is 1. The molecule has 150 valence electrons. The number of thioether (sulfide) groups is 1. The van der Waals surface area contributed by atoms with Crippen molar-refractivity contribution in [1.29, 1.82) is 0 Å². The smallest absolute Gasteiger partial charge is 0.221 e. The lowest BCUT2D eigenvalue weighted by Crippen LogP contribution is -2.41. The quantitative estimate of drug-likeness (QED) is 0.260. The van der Waals surface area contributed by atoms with Crippen molar-refractivity contribution >= 4 is 29.3 Å². The predicted molar refractivity (Wildman–Crippen MR) is 117 cm³/mol. The minimum absolute atomic E-state index is 0.103. The van der Waals surface area contributed by atoms with Crippen molar-refractivity contribution in [3.63, 3.8) is 0 Å². The van der Waals surface area contributed by atoms with Gasteiger partial charge in [0.2, 0.25) is 5.91 Å². The molecular weight excluding hydrogens is 372 g/mol. The van der Waals surface area contributed by atoms with E-state index in [1.54, 1.807) is 13.1 Å². The summed E-state index contributed by atoms with van der Waals surface area (Å²) in [6, 6.07) is 17.7. The first-order valence-electron chi connectivity index (χ1n) is 9.23. The third-order valence-corrected chi connectivity index (χ3v) is 4.79. The predicted octanol–water partition coefficient (Wildman–Crippen LogP) is 3.37. The fourth-order valence-corrected chi connectivity index (χ4v) is 3.38. The lowest BCUT2D eigenvalue weighted by Gasteiger charge is -2.16. The van der Waals surface area contributed by atoms with E-state index in [0.717, 1.165) is 18.2 Å². The number of nitrogens with zero attached hydrogens (tertiary/aromatic N) is 1. The molecule has 0 fully saturated rings. The van der Waals surface area contributed by atoms with Crippen LogP contribution in [0.4, 0.5) is 5.69 Å². The molecule has 0 saturated heterocycles. The number of rotatable bonds is 9. The molecule has 1 amide bonds. The molecule has 0 spiro atoms. The molecule has 2 aromatic carbocycles. The number of guanidine groups is 1. The lowest BCUT2D eigenvalue weighted by molar-refractivity contribution is -0.114. The average molecular weight is 401 g/mol. The third-order valence-electron chi connectivity index (χ3n) is 3.68. The normalized spacial score (nSPS) is 12.2. The Labute approximate surface area is 171 Å². The van der Waals surface area contributed by atoms with Gasteiger partial charge < -0.3 is 20.7 Å². The van der Waals surface area contributed by atoms with Crippen LogP contribution in [0.2, 0.25) is 0 Å². The summed E-state index contributed by atoms with van der Waals surface area (Å²) >= 11 is 1.83.